The second-order valence-corrected chi connectivity index (χ2v) is 10.8. The largest absolute Gasteiger partial charge is 0.444 e. The molecule has 38 heavy (non-hydrogen) atoms. The predicted octanol–water partition coefficient (Wildman–Crippen LogP) is 6.33. The van der Waals surface area contributed by atoms with E-state index in [1.54, 1.807) is 57.2 Å². The van der Waals surface area contributed by atoms with Gasteiger partial charge in [-0.15, -0.1) is 0 Å². The van der Waals surface area contributed by atoms with Crippen LogP contribution in [0.15, 0.2) is 49.0 Å². The number of aryl methyl sites for hydroxylation is 1. The second kappa shape index (κ2) is 13.2. The molecule has 0 bridgehead atoms. The SMILES string of the molecule is C#CN(C(=O)C(CC(C)C)NC(=O)OC(C)(C)C)C(C(=O)Nc1c(C)cccc1Cl)c1cccc(C=C)c1. The summed E-state index contributed by atoms with van der Waals surface area (Å²) in [5.74, 6) is -1.15. The van der Waals surface area contributed by atoms with Crippen molar-refractivity contribution in [2.75, 3.05) is 5.32 Å². The first-order chi connectivity index (χ1) is 17.8. The first kappa shape index (κ1) is 30.5. The average molecular weight is 538 g/mol. The van der Waals surface area contributed by atoms with E-state index in [0.29, 0.717) is 16.3 Å². The van der Waals surface area contributed by atoms with Crippen molar-refractivity contribution in [1.29, 1.82) is 0 Å². The van der Waals surface area contributed by atoms with Gasteiger partial charge in [0.15, 0.2) is 0 Å². The van der Waals surface area contributed by atoms with Gasteiger partial charge in [-0.3, -0.25) is 14.5 Å². The molecule has 2 aromatic rings. The lowest BCUT2D eigenvalue weighted by atomic mass is 9.98. The Morgan fingerprint density at radius 1 is 1.18 bits per heavy atom. The number of benzene rings is 2. The van der Waals surface area contributed by atoms with Crippen molar-refractivity contribution in [3.05, 3.63) is 70.8 Å². The zero-order chi connectivity index (χ0) is 28.6. The molecule has 3 amide bonds. The van der Waals surface area contributed by atoms with Crippen LogP contribution in [0.1, 0.15) is 63.8 Å². The quantitative estimate of drug-likeness (QED) is 0.289. The van der Waals surface area contributed by atoms with E-state index in [-0.39, 0.29) is 12.3 Å². The highest BCUT2D eigenvalue weighted by Crippen LogP contribution is 2.30. The zero-order valence-corrected chi connectivity index (χ0v) is 23.6. The van der Waals surface area contributed by atoms with Crippen molar-refractivity contribution in [3.8, 4) is 12.5 Å². The molecule has 7 nitrogen and oxygen atoms in total. The van der Waals surface area contributed by atoms with E-state index in [9.17, 15) is 14.4 Å². The van der Waals surface area contributed by atoms with Crippen molar-refractivity contribution in [2.45, 2.75) is 65.6 Å². The highest BCUT2D eigenvalue weighted by molar-refractivity contribution is 6.34. The number of hydrogen-bond donors (Lipinski definition) is 2. The van der Waals surface area contributed by atoms with Gasteiger partial charge in [0.05, 0.1) is 10.7 Å². The van der Waals surface area contributed by atoms with E-state index in [1.807, 2.05) is 32.9 Å². The molecule has 0 fully saturated rings. The molecule has 0 aliphatic heterocycles. The summed E-state index contributed by atoms with van der Waals surface area (Å²) in [6.45, 7) is 14.6. The van der Waals surface area contributed by atoms with Crippen LogP contribution >= 0.6 is 11.6 Å². The van der Waals surface area contributed by atoms with Crippen LogP contribution < -0.4 is 10.6 Å². The number of nitrogens with zero attached hydrogens (tertiary/aromatic N) is 1. The maximum atomic E-state index is 13.9. The molecule has 0 aliphatic rings. The Morgan fingerprint density at radius 3 is 2.39 bits per heavy atom. The molecule has 0 heterocycles. The number of carbonyl (C=O) groups is 3. The topological polar surface area (TPSA) is 87.7 Å². The summed E-state index contributed by atoms with van der Waals surface area (Å²) in [6.07, 6.45) is 7.01. The number of alkyl carbamates (subject to hydrolysis) is 1. The van der Waals surface area contributed by atoms with Gasteiger partial charge in [-0.1, -0.05) is 74.9 Å². The molecule has 2 unspecified atom stereocenters. The summed E-state index contributed by atoms with van der Waals surface area (Å²) < 4.78 is 5.36. The van der Waals surface area contributed by atoms with Gasteiger partial charge in [-0.25, -0.2) is 4.79 Å². The molecule has 8 heteroatoms. The van der Waals surface area contributed by atoms with E-state index in [4.69, 9.17) is 22.8 Å². The number of terminal acetylenes is 1. The van der Waals surface area contributed by atoms with Crippen molar-refractivity contribution in [2.24, 2.45) is 5.92 Å². The fourth-order valence-electron chi connectivity index (χ4n) is 3.83. The van der Waals surface area contributed by atoms with Crippen LogP contribution in [0.25, 0.3) is 6.08 Å². The minimum Gasteiger partial charge on any atom is -0.444 e. The third-order valence-electron chi connectivity index (χ3n) is 5.51. The summed E-state index contributed by atoms with van der Waals surface area (Å²) in [6, 6.07) is 12.4. The maximum absolute atomic E-state index is 13.9. The Morgan fingerprint density at radius 2 is 1.84 bits per heavy atom. The van der Waals surface area contributed by atoms with E-state index >= 15 is 0 Å². The molecule has 0 spiro atoms. The first-order valence-corrected chi connectivity index (χ1v) is 12.7. The summed E-state index contributed by atoms with van der Waals surface area (Å²) in [5, 5.41) is 5.82. The fourth-order valence-corrected chi connectivity index (χ4v) is 4.10. The number of ether oxygens (including phenoxy) is 1. The Labute approximate surface area is 230 Å². The zero-order valence-electron chi connectivity index (χ0n) is 22.8. The number of hydrogen-bond acceptors (Lipinski definition) is 4. The number of amides is 3. The molecular formula is C30H36ClN3O4. The van der Waals surface area contributed by atoms with Gasteiger partial charge in [0.2, 0.25) is 0 Å². The number of nitrogens with one attached hydrogen (secondary N) is 2. The van der Waals surface area contributed by atoms with E-state index < -0.39 is 35.6 Å². The highest BCUT2D eigenvalue weighted by atomic mass is 35.5. The van der Waals surface area contributed by atoms with Gasteiger partial charge in [0.25, 0.3) is 11.8 Å². The average Bonchev–Trinajstić information content (AvgIpc) is 2.82. The molecular weight excluding hydrogens is 502 g/mol. The molecule has 2 aromatic carbocycles. The van der Waals surface area contributed by atoms with Crippen molar-refractivity contribution in [3.63, 3.8) is 0 Å². The van der Waals surface area contributed by atoms with E-state index in [1.165, 1.54) is 0 Å². The van der Waals surface area contributed by atoms with E-state index in [2.05, 4.69) is 23.3 Å². The minimum atomic E-state index is -1.22. The van der Waals surface area contributed by atoms with Gasteiger partial charge in [0, 0.05) is 6.04 Å². The number of rotatable bonds is 9. The Balaban J connectivity index is 2.54. The molecule has 0 saturated heterocycles. The molecule has 2 N–H and O–H groups in total. The van der Waals surface area contributed by atoms with Crippen molar-refractivity contribution >= 4 is 41.3 Å². The highest BCUT2D eigenvalue weighted by Gasteiger charge is 2.36. The molecule has 0 radical (unpaired) electrons. The van der Waals surface area contributed by atoms with E-state index in [0.717, 1.165) is 16.0 Å². The first-order valence-electron chi connectivity index (χ1n) is 12.3. The number of anilines is 1. The monoisotopic (exact) mass is 537 g/mol. The Bertz CT molecular complexity index is 1210. The van der Waals surface area contributed by atoms with Gasteiger partial charge in [-0.05, 0) is 68.9 Å². The number of carbonyl (C=O) groups excluding carboxylic acids is 3. The third-order valence-corrected chi connectivity index (χ3v) is 5.83. The predicted molar refractivity (Wildman–Crippen MR) is 152 cm³/mol. The van der Waals surface area contributed by atoms with Crippen LogP contribution in [0.5, 0.6) is 0 Å². The van der Waals surface area contributed by atoms with Gasteiger partial charge >= 0.3 is 6.09 Å². The van der Waals surface area contributed by atoms with Gasteiger partial charge < -0.3 is 15.4 Å². The standard InChI is InChI=1S/C30H36ClN3O4/c1-9-21-14-12-15-22(18-21)26(27(35)33-25-20(5)13-11-16-23(25)31)34(10-2)28(36)24(17-19(3)4)32-29(37)38-30(6,7)8/h2,9,11-16,18-19,24,26H,1,17H2,3-8H3,(H,32,37)(H,33,35). The normalized spacial score (nSPS) is 12.6. The fraction of sp³-hybridized carbons (Fsp3) is 0.367. The van der Waals surface area contributed by atoms with Crippen molar-refractivity contribution < 1.29 is 19.1 Å². The third kappa shape index (κ3) is 8.39. The lowest BCUT2D eigenvalue weighted by Gasteiger charge is -2.31. The minimum absolute atomic E-state index is 0.0284. The summed E-state index contributed by atoms with van der Waals surface area (Å²) >= 11 is 6.36. The summed E-state index contributed by atoms with van der Waals surface area (Å²) in [5.41, 5.74) is 1.61. The number of halogens is 1. The molecule has 0 saturated carbocycles. The lowest BCUT2D eigenvalue weighted by molar-refractivity contribution is -0.137. The van der Waals surface area contributed by atoms with Crippen LogP contribution in [0, 0.1) is 25.3 Å². The van der Waals surface area contributed by atoms with Crippen molar-refractivity contribution in [1.82, 2.24) is 10.2 Å². The number of para-hydroxylation sites is 1. The lowest BCUT2D eigenvalue weighted by Crippen LogP contribution is -2.51. The van der Waals surface area contributed by atoms with Crippen LogP contribution in [0.2, 0.25) is 5.02 Å². The molecule has 0 aliphatic carbocycles. The second-order valence-electron chi connectivity index (χ2n) is 10.4. The van der Waals surface area contributed by atoms with Crippen LogP contribution in [0.3, 0.4) is 0 Å². The summed E-state index contributed by atoms with van der Waals surface area (Å²) in [4.78, 5) is 41.2. The smallest absolute Gasteiger partial charge is 0.408 e. The Hall–Kier alpha value is -3.76. The summed E-state index contributed by atoms with van der Waals surface area (Å²) in [7, 11) is 0. The van der Waals surface area contributed by atoms with Crippen LogP contribution in [-0.2, 0) is 14.3 Å². The molecule has 2 atom stereocenters. The molecule has 202 valence electrons. The van der Waals surface area contributed by atoms with Gasteiger partial charge in [-0.2, -0.15) is 0 Å². The maximum Gasteiger partial charge on any atom is 0.408 e. The van der Waals surface area contributed by atoms with Gasteiger partial charge in [0.1, 0.15) is 17.7 Å². The molecule has 2 rings (SSSR count). The van der Waals surface area contributed by atoms with Crippen LogP contribution in [0.4, 0.5) is 10.5 Å². The Kier molecular flexibility index (Phi) is 10.5. The molecule has 0 aromatic heterocycles. The van der Waals surface area contributed by atoms with Crippen LogP contribution in [-0.4, -0.2) is 34.5 Å².